The minimum Gasteiger partial charge on any atom is -0.416 e. The molecule has 0 saturated heterocycles. The second-order valence-electron chi connectivity index (χ2n) is 3.19. The molecule has 0 N–H and O–H groups in total. The lowest BCUT2D eigenvalue weighted by atomic mass is 10.4. The van der Waals surface area contributed by atoms with Crippen LogP contribution in [0.3, 0.4) is 0 Å². The molecular formula is C9H13ClOSi. The van der Waals surface area contributed by atoms with Crippen molar-refractivity contribution in [3.63, 3.8) is 0 Å². The van der Waals surface area contributed by atoms with Gasteiger partial charge in [0.05, 0.1) is 0 Å². The van der Waals surface area contributed by atoms with Crippen molar-refractivity contribution >= 4 is 25.1 Å². The summed E-state index contributed by atoms with van der Waals surface area (Å²) < 4.78 is 5.46. The third-order valence-electron chi connectivity index (χ3n) is 2.03. The number of hydrogen-bond acceptors (Lipinski definition) is 1. The number of rotatable bonds is 2. The Morgan fingerprint density at radius 2 is 1.83 bits per heavy atom. The molecule has 0 bridgehead atoms. The van der Waals surface area contributed by atoms with Crippen LogP contribution in [-0.2, 0) is 4.43 Å². The molecule has 66 valence electrons. The predicted molar refractivity (Wildman–Crippen MR) is 55.6 cm³/mol. The van der Waals surface area contributed by atoms with E-state index in [9.17, 15) is 0 Å². The van der Waals surface area contributed by atoms with E-state index in [-0.39, 0.29) is 0 Å². The molecule has 0 aromatic heterocycles. The van der Waals surface area contributed by atoms with Gasteiger partial charge in [0.25, 0.3) is 0 Å². The van der Waals surface area contributed by atoms with Crippen LogP contribution >= 0.6 is 11.6 Å². The van der Waals surface area contributed by atoms with Crippen molar-refractivity contribution in [3.8, 4) is 0 Å². The Kier molecular flexibility index (Phi) is 2.93. The van der Waals surface area contributed by atoms with E-state index in [1.807, 2.05) is 24.3 Å². The van der Waals surface area contributed by atoms with E-state index < -0.39 is 8.32 Å². The largest absolute Gasteiger partial charge is 0.416 e. The highest BCUT2D eigenvalue weighted by Gasteiger charge is 2.25. The molecule has 1 aromatic rings. The second-order valence-corrected chi connectivity index (χ2v) is 7.57. The monoisotopic (exact) mass is 200 g/mol. The van der Waals surface area contributed by atoms with Gasteiger partial charge in [-0.2, -0.15) is 0 Å². The van der Waals surface area contributed by atoms with Crippen LogP contribution in [0.1, 0.15) is 0 Å². The van der Waals surface area contributed by atoms with Crippen molar-refractivity contribution in [3.05, 3.63) is 29.3 Å². The fourth-order valence-electron chi connectivity index (χ4n) is 1.06. The van der Waals surface area contributed by atoms with Crippen LogP contribution in [0.25, 0.3) is 0 Å². The summed E-state index contributed by atoms with van der Waals surface area (Å²) in [7, 11) is 0.0157. The normalized spacial score (nSPS) is 11.7. The molecule has 0 aliphatic carbocycles. The van der Waals surface area contributed by atoms with Crippen LogP contribution in [0, 0.1) is 0 Å². The van der Waals surface area contributed by atoms with Gasteiger partial charge in [-0.3, -0.25) is 0 Å². The summed E-state index contributed by atoms with van der Waals surface area (Å²) in [5, 5.41) is 1.98. The molecule has 1 rings (SSSR count). The lowest BCUT2D eigenvalue weighted by Crippen LogP contribution is -2.44. The molecule has 0 heterocycles. The molecule has 0 spiro atoms. The first-order chi connectivity index (χ1) is 5.58. The zero-order chi connectivity index (χ0) is 9.19. The smallest absolute Gasteiger partial charge is 0.219 e. The van der Waals surface area contributed by atoms with E-state index in [2.05, 4.69) is 13.1 Å². The predicted octanol–water partition coefficient (Wildman–Crippen LogP) is 2.40. The maximum absolute atomic E-state index is 6.04. The fourth-order valence-corrected chi connectivity index (χ4v) is 3.25. The molecule has 0 fully saturated rings. The highest BCUT2D eigenvalue weighted by molar-refractivity contribution is 6.86. The Morgan fingerprint density at radius 3 is 2.33 bits per heavy atom. The summed E-state index contributed by atoms with van der Waals surface area (Å²) in [6.07, 6.45) is 0. The van der Waals surface area contributed by atoms with Gasteiger partial charge in [-0.1, -0.05) is 29.8 Å². The standard InChI is InChI=1S/C9H13ClOSi/c1-11-12(2,3)9-7-5-4-6-8(9)10/h4-7H,1-3H3. The average Bonchev–Trinajstić information content (AvgIpc) is 2.05. The molecule has 0 amide bonds. The summed E-state index contributed by atoms with van der Waals surface area (Å²) in [5.41, 5.74) is 0. The van der Waals surface area contributed by atoms with E-state index in [1.54, 1.807) is 7.11 Å². The van der Waals surface area contributed by atoms with Crippen molar-refractivity contribution in [1.82, 2.24) is 0 Å². The molecular weight excluding hydrogens is 188 g/mol. The number of benzene rings is 1. The lowest BCUT2D eigenvalue weighted by molar-refractivity contribution is 0.416. The summed E-state index contributed by atoms with van der Waals surface area (Å²) in [5.74, 6) is 0. The van der Waals surface area contributed by atoms with Gasteiger partial charge in [-0.05, 0) is 24.3 Å². The van der Waals surface area contributed by atoms with Crippen LogP contribution in [0.2, 0.25) is 18.1 Å². The van der Waals surface area contributed by atoms with Crippen LogP contribution < -0.4 is 5.19 Å². The van der Waals surface area contributed by atoms with E-state index in [4.69, 9.17) is 16.0 Å². The maximum atomic E-state index is 6.04. The summed E-state index contributed by atoms with van der Waals surface area (Å²) in [6.45, 7) is 4.27. The minimum atomic E-state index is -1.73. The van der Waals surface area contributed by atoms with Gasteiger partial charge in [-0.25, -0.2) is 0 Å². The van der Waals surface area contributed by atoms with Crippen molar-refractivity contribution in [1.29, 1.82) is 0 Å². The first-order valence-corrected chi connectivity index (χ1v) is 7.16. The van der Waals surface area contributed by atoms with Gasteiger partial charge in [0.15, 0.2) is 0 Å². The summed E-state index contributed by atoms with van der Waals surface area (Å²) in [6, 6.07) is 7.88. The van der Waals surface area contributed by atoms with Gasteiger partial charge in [0.1, 0.15) is 0 Å². The van der Waals surface area contributed by atoms with Gasteiger partial charge in [0, 0.05) is 12.1 Å². The lowest BCUT2D eigenvalue weighted by Gasteiger charge is -2.21. The Balaban J connectivity index is 3.10. The van der Waals surface area contributed by atoms with E-state index in [0.29, 0.717) is 0 Å². The molecule has 0 aliphatic rings. The second kappa shape index (κ2) is 3.60. The Bertz CT molecular complexity index is 273. The van der Waals surface area contributed by atoms with Gasteiger partial charge < -0.3 is 4.43 Å². The van der Waals surface area contributed by atoms with Crippen molar-refractivity contribution in [2.24, 2.45) is 0 Å². The third-order valence-corrected chi connectivity index (χ3v) is 5.27. The van der Waals surface area contributed by atoms with Crippen LogP contribution in [0.4, 0.5) is 0 Å². The van der Waals surface area contributed by atoms with E-state index in [1.165, 1.54) is 0 Å². The number of hydrogen-bond donors (Lipinski definition) is 0. The molecule has 0 atom stereocenters. The molecule has 0 unspecified atom stereocenters. The Hall–Kier alpha value is -0.313. The molecule has 0 radical (unpaired) electrons. The zero-order valence-corrected chi connectivity index (χ0v) is 9.35. The summed E-state index contributed by atoms with van der Waals surface area (Å²) in [4.78, 5) is 0. The summed E-state index contributed by atoms with van der Waals surface area (Å²) >= 11 is 6.04. The molecule has 1 nitrogen and oxygen atoms in total. The fraction of sp³-hybridized carbons (Fsp3) is 0.333. The molecule has 3 heteroatoms. The Labute approximate surface area is 79.4 Å². The zero-order valence-electron chi connectivity index (χ0n) is 7.60. The van der Waals surface area contributed by atoms with Crippen LogP contribution in [0.5, 0.6) is 0 Å². The first-order valence-electron chi connectivity index (χ1n) is 3.88. The van der Waals surface area contributed by atoms with Gasteiger partial charge >= 0.3 is 0 Å². The van der Waals surface area contributed by atoms with Crippen molar-refractivity contribution in [2.45, 2.75) is 13.1 Å². The highest BCUT2D eigenvalue weighted by atomic mass is 35.5. The quantitative estimate of drug-likeness (QED) is 0.667. The molecule has 0 aliphatic heterocycles. The maximum Gasteiger partial charge on any atom is 0.219 e. The minimum absolute atomic E-state index is 0.816. The van der Waals surface area contributed by atoms with Crippen LogP contribution in [-0.4, -0.2) is 15.4 Å². The SMILES string of the molecule is CO[Si](C)(C)c1ccccc1Cl. The number of halogens is 1. The Morgan fingerprint density at radius 1 is 1.25 bits per heavy atom. The van der Waals surface area contributed by atoms with Crippen molar-refractivity contribution < 1.29 is 4.43 Å². The molecule has 0 saturated carbocycles. The molecule has 12 heavy (non-hydrogen) atoms. The molecule has 1 aromatic carbocycles. The van der Waals surface area contributed by atoms with Crippen LogP contribution in [0.15, 0.2) is 24.3 Å². The topological polar surface area (TPSA) is 9.23 Å². The van der Waals surface area contributed by atoms with Gasteiger partial charge in [-0.15, -0.1) is 0 Å². The first kappa shape index (κ1) is 9.77. The van der Waals surface area contributed by atoms with E-state index in [0.717, 1.165) is 10.2 Å². The van der Waals surface area contributed by atoms with E-state index >= 15 is 0 Å². The van der Waals surface area contributed by atoms with Crippen molar-refractivity contribution in [2.75, 3.05) is 7.11 Å². The third kappa shape index (κ3) is 1.89. The average molecular weight is 201 g/mol. The van der Waals surface area contributed by atoms with Gasteiger partial charge in [0.2, 0.25) is 8.32 Å². The highest BCUT2D eigenvalue weighted by Crippen LogP contribution is 2.11.